The number of Topliss-reactive ketones (excluding diaryl/α,β-unsaturated/α-hetero) is 1. The number of imidazole rings is 1. The number of ether oxygens (including phenoxy) is 1. The lowest BCUT2D eigenvalue weighted by molar-refractivity contribution is -0.140. The molecule has 4 aromatic rings. The molecule has 5 rings (SSSR count). The zero-order valence-electron chi connectivity index (χ0n) is 20.9. The van der Waals surface area contributed by atoms with Gasteiger partial charge in [-0.3, -0.25) is 14.0 Å². The summed E-state index contributed by atoms with van der Waals surface area (Å²) >= 11 is 0. The molecule has 8 heteroatoms. The van der Waals surface area contributed by atoms with Crippen LogP contribution in [-0.4, -0.2) is 37.7 Å². The Bertz CT molecular complexity index is 1450. The van der Waals surface area contributed by atoms with Crippen molar-refractivity contribution in [3.63, 3.8) is 0 Å². The second-order valence-electron chi connectivity index (χ2n) is 9.11. The number of aliphatic hydroxyl groups excluding tert-OH is 1. The number of likely N-dealkylation sites (tertiary alicyclic amines) is 1. The number of aliphatic hydroxyl groups is 1. The number of fused-ring (bicyclic) bond motifs is 1. The van der Waals surface area contributed by atoms with Crippen molar-refractivity contribution >= 4 is 23.1 Å². The highest BCUT2D eigenvalue weighted by Crippen LogP contribution is 2.41. The van der Waals surface area contributed by atoms with Crippen molar-refractivity contribution in [2.45, 2.75) is 45.7 Å². The van der Waals surface area contributed by atoms with Crippen LogP contribution in [0.2, 0.25) is 0 Å². The van der Waals surface area contributed by atoms with E-state index in [1.54, 1.807) is 29.7 Å². The molecule has 190 valence electrons. The normalized spacial score (nSPS) is 17.1. The van der Waals surface area contributed by atoms with Crippen LogP contribution in [0.5, 0.6) is 5.75 Å². The van der Waals surface area contributed by atoms with Gasteiger partial charge >= 0.3 is 0 Å². The van der Waals surface area contributed by atoms with E-state index in [9.17, 15) is 14.7 Å². The maximum atomic E-state index is 13.4. The Morgan fingerprint density at radius 1 is 1.08 bits per heavy atom. The van der Waals surface area contributed by atoms with Crippen LogP contribution < -0.4 is 4.74 Å². The molecule has 8 nitrogen and oxygen atoms in total. The summed E-state index contributed by atoms with van der Waals surface area (Å²) in [6, 6.07) is 15.5. The van der Waals surface area contributed by atoms with Crippen molar-refractivity contribution in [3.8, 4) is 5.75 Å². The Kier molecular flexibility index (Phi) is 6.81. The number of pyridine rings is 1. The van der Waals surface area contributed by atoms with E-state index in [0.29, 0.717) is 40.7 Å². The minimum absolute atomic E-state index is 0.0157. The molecule has 0 spiro atoms. The van der Waals surface area contributed by atoms with Crippen LogP contribution in [0.25, 0.3) is 11.4 Å². The highest BCUT2D eigenvalue weighted by molar-refractivity contribution is 6.46. The number of furan rings is 1. The van der Waals surface area contributed by atoms with E-state index in [0.717, 1.165) is 19.3 Å². The molecular weight excluding hydrogens is 470 g/mol. The summed E-state index contributed by atoms with van der Waals surface area (Å²) in [7, 11) is 0. The number of benzene rings is 1. The topological polar surface area (TPSA) is 97.3 Å². The van der Waals surface area contributed by atoms with Gasteiger partial charge in [0.25, 0.3) is 11.7 Å². The smallest absolute Gasteiger partial charge is 0.296 e. The molecule has 0 bridgehead atoms. The zero-order valence-corrected chi connectivity index (χ0v) is 20.9. The number of ketones is 1. The Labute approximate surface area is 214 Å². The first-order chi connectivity index (χ1) is 18.0. The lowest BCUT2D eigenvalue weighted by atomic mass is 9.96. The predicted molar refractivity (Wildman–Crippen MR) is 138 cm³/mol. The van der Waals surface area contributed by atoms with Gasteiger partial charge in [0.15, 0.2) is 5.76 Å². The third-order valence-corrected chi connectivity index (χ3v) is 6.59. The Morgan fingerprint density at radius 3 is 2.62 bits per heavy atom. The number of aryl methyl sites for hydroxylation is 1. The summed E-state index contributed by atoms with van der Waals surface area (Å²) in [6.07, 6.45) is 6.47. The van der Waals surface area contributed by atoms with Gasteiger partial charge in [0.1, 0.15) is 22.9 Å². The van der Waals surface area contributed by atoms with Crippen LogP contribution in [0.15, 0.2) is 77.0 Å². The molecule has 1 atom stereocenters. The highest BCUT2D eigenvalue weighted by atomic mass is 16.5. The molecule has 1 aliphatic rings. The van der Waals surface area contributed by atoms with Crippen molar-refractivity contribution in [2.24, 2.45) is 0 Å². The van der Waals surface area contributed by atoms with Gasteiger partial charge in [0.05, 0.1) is 36.7 Å². The maximum absolute atomic E-state index is 13.4. The largest absolute Gasteiger partial charge is 0.505 e. The lowest BCUT2D eigenvalue weighted by Gasteiger charge is -2.24. The number of hydrogen-bond acceptors (Lipinski definition) is 6. The molecule has 1 aliphatic heterocycles. The van der Waals surface area contributed by atoms with Crippen LogP contribution in [0.1, 0.15) is 54.9 Å². The molecule has 4 heterocycles. The fourth-order valence-corrected chi connectivity index (χ4v) is 4.77. The van der Waals surface area contributed by atoms with E-state index >= 15 is 0 Å². The van der Waals surface area contributed by atoms with Crippen LogP contribution in [0.3, 0.4) is 0 Å². The van der Waals surface area contributed by atoms with E-state index in [1.807, 2.05) is 42.5 Å². The average Bonchev–Trinajstić information content (AvgIpc) is 3.60. The molecule has 1 unspecified atom stereocenters. The van der Waals surface area contributed by atoms with Gasteiger partial charge in [-0.2, -0.15) is 0 Å². The summed E-state index contributed by atoms with van der Waals surface area (Å²) in [4.78, 5) is 32.6. The van der Waals surface area contributed by atoms with Gasteiger partial charge in [-0.25, -0.2) is 4.98 Å². The molecular formula is C29H29N3O5. The van der Waals surface area contributed by atoms with Gasteiger partial charge in [-0.15, -0.1) is 0 Å². The molecule has 1 fully saturated rings. The molecule has 0 saturated carbocycles. The minimum Gasteiger partial charge on any atom is -0.505 e. The summed E-state index contributed by atoms with van der Waals surface area (Å²) in [5.74, 6) is -0.468. The quantitative estimate of drug-likeness (QED) is 0.143. The monoisotopic (exact) mass is 499 g/mol. The summed E-state index contributed by atoms with van der Waals surface area (Å²) < 4.78 is 13.0. The highest BCUT2D eigenvalue weighted by Gasteiger charge is 2.47. The molecule has 3 aromatic heterocycles. The molecule has 1 aromatic carbocycles. The number of aromatic nitrogens is 2. The van der Waals surface area contributed by atoms with Crippen molar-refractivity contribution in [1.82, 2.24) is 14.3 Å². The van der Waals surface area contributed by atoms with E-state index < -0.39 is 17.7 Å². The number of carbonyl (C=O) groups is 2. The van der Waals surface area contributed by atoms with Crippen molar-refractivity contribution in [2.75, 3.05) is 6.61 Å². The molecule has 1 saturated heterocycles. The number of hydrogen-bond donors (Lipinski definition) is 1. The van der Waals surface area contributed by atoms with E-state index in [-0.39, 0.29) is 17.9 Å². The predicted octanol–water partition coefficient (Wildman–Crippen LogP) is 5.43. The van der Waals surface area contributed by atoms with Gasteiger partial charge in [0.2, 0.25) is 0 Å². The van der Waals surface area contributed by atoms with Gasteiger partial charge < -0.3 is 19.2 Å². The number of amides is 1. The van der Waals surface area contributed by atoms with Gasteiger partial charge in [-0.05, 0) is 55.3 Å². The number of carbonyl (C=O) groups excluding carboxylic acids is 2. The van der Waals surface area contributed by atoms with Gasteiger partial charge in [0, 0.05) is 6.20 Å². The second kappa shape index (κ2) is 10.3. The third kappa shape index (κ3) is 4.62. The summed E-state index contributed by atoms with van der Waals surface area (Å²) in [5, 5.41) is 11.5. The number of rotatable bonds is 9. The van der Waals surface area contributed by atoms with E-state index in [1.165, 1.54) is 11.2 Å². The summed E-state index contributed by atoms with van der Waals surface area (Å²) in [5.41, 5.74) is 2.26. The average molecular weight is 500 g/mol. The molecule has 1 amide bonds. The van der Waals surface area contributed by atoms with E-state index in [4.69, 9.17) is 9.15 Å². The SMILES string of the molecule is CCCCCOc1ccc(C2C(=C(O)c3c(C)nc4ccccn34)C(=O)C(=O)N2Cc2ccco2)cc1. The van der Waals surface area contributed by atoms with Crippen LogP contribution in [-0.2, 0) is 16.1 Å². The lowest BCUT2D eigenvalue weighted by Crippen LogP contribution is -2.29. The van der Waals surface area contributed by atoms with Crippen molar-refractivity contribution in [1.29, 1.82) is 0 Å². The first-order valence-corrected chi connectivity index (χ1v) is 12.5. The Hall–Kier alpha value is -4.33. The number of nitrogens with zero attached hydrogens (tertiary/aromatic N) is 3. The maximum Gasteiger partial charge on any atom is 0.296 e. The Balaban J connectivity index is 1.58. The fraction of sp³-hybridized carbons (Fsp3) is 0.276. The fourth-order valence-electron chi connectivity index (χ4n) is 4.77. The summed E-state index contributed by atoms with van der Waals surface area (Å²) in [6.45, 7) is 4.61. The van der Waals surface area contributed by atoms with Crippen molar-refractivity contribution < 1.29 is 23.8 Å². The molecule has 37 heavy (non-hydrogen) atoms. The molecule has 1 N–H and O–H groups in total. The molecule has 0 aliphatic carbocycles. The van der Waals surface area contributed by atoms with Crippen LogP contribution in [0, 0.1) is 6.92 Å². The number of unbranched alkanes of at least 4 members (excludes halogenated alkanes) is 2. The van der Waals surface area contributed by atoms with Crippen LogP contribution in [0.4, 0.5) is 0 Å². The minimum atomic E-state index is -0.812. The second-order valence-corrected chi connectivity index (χ2v) is 9.11. The van der Waals surface area contributed by atoms with E-state index in [2.05, 4.69) is 11.9 Å². The molecule has 0 radical (unpaired) electrons. The zero-order chi connectivity index (χ0) is 25.9. The van der Waals surface area contributed by atoms with Crippen molar-refractivity contribution in [3.05, 3.63) is 95.3 Å². The Morgan fingerprint density at radius 2 is 1.89 bits per heavy atom. The van der Waals surface area contributed by atoms with Gasteiger partial charge in [-0.1, -0.05) is 38.0 Å². The van der Waals surface area contributed by atoms with Crippen LogP contribution >= 0.6 is 0 Å². The first-order valence-electron chi connectivity index (χ1n) is 12.5. The standard InChI is InChI=1S/C29H29N3O5/c1-3-4-7-16-36-21-13-11-20(12-14-21)26-24(28(34)29(35)32(26)18-22-9-8-17-37-22)27(33)25-19(2)30-23-10-5-6-15-31(23)25/h5-6,8-15,17,26,33H,3-4,7,16,18H2,1-2H3. The third-order valence-electron chi connectivity index (χ3n) is 6.59. The first kappa shape index (κ1) is 24.4.